The number of rotatable bonds is 6. The van der Waals surface area contributed by atoms with Gasteiger partial charge in [0.15, 0.2) is 5.11 Å². The molecule has 0 saturated carbocycles. The van der Waals surface area contributed by atoms with Crippen molar-refractivity contribution >= 4 is 52.5 Å². The molecule has 2 aromatic rings. The Kier molecular flexibility index (Phi) is 6.37. The molecule has 2 aromatic carbocycles. The Morgan fingerprint density at radius 3 is 2.59 bits per heavy atom. The van der Waals surface area contributed by atoms with E-state index in [-0.39, 0.29) is 5.91 Å². The first-order valence-electron chi connectivity index (χ1n) is 8.49. The van der Waals surface area contributed by atoms with E-state index in [4.69, 9.17) is 40.2 Å². The minimum absolute atomic E-state index is 0.124. The molecule has 0 aromatic heterocycles. The van der Waals surface area contributed by atoms with E-state index in [1.54, 1.807) is 23.1 Å². The molecule has 0 bridgehead atoms. The van der Waals surface area contributed by atoms with Crippen molar-refractivity contribution in [3.05, 3.63) is 69.3 Å². The van der Waals surface area contributed by atoms with Crippen molar-refractivity contribution in [1.82, 2.24) is 10.2 Å². The van der Waals surface area contributed by atoms with Crippen LogP contribution in [-0.2, 0) is 11.4 Å². The fraction of sp³-hybridized carbons (Fsp3) is 0.200. The lowest BCUT2D eigenvalue weighted by Gasteiger charge is -2.11. The standard InChI is InChI=1S/C20H18Cl2N2O2S/c1-2-9-24-19(25)17(23-20(24)27)11-14-5-8-18(16(22)10-14)26-12-13-3-6-15(21)7-4-13/h3-8,10-11H,2,9,12H2,1H3,(H,23,27)/b17-11-. The molecule has 27 heavy (non-hydrogen) atoms. The Labute approximate surface area is 173 Å². The monoisotopic (exact) mass is 420 g/mol. The Balaban J connectivity index is 1.70. The van der Waals surface area contributed by atoms with E-state index in [2.05, 4.69) is 5.32 Å². The SMILES string of the molecule is CCCN1C(=O)/C(=C/c2ccc(OCc3ccc(Cl)cc3)c(Cl)c2)NC1=S. The van der Waals surface area contributed by atoms with Crippen LogP contribution in [0.1, 0.15) is 24.5 Å². The van der Waals surface area contributed by atoms with Gasteiger partial charge in [0, 0.05) is 11.6 Å². The molecule has 1 N–H and O–H groups in total. The van der Waals surface area contributed by atoms with Crippen LogP contribution in [0.15, 0.2) is 48.2 Å². The number of benzene rings is 2. The first-order chi connectivity index (χ1) is 13.0. The maximum absolute atomic E-state index is 12.4. The molecule has 0 aliphatic carbocycles. The van der Waals surface area contributed by atoms with Crippen LogP contribution >= 0.6 is 35.4 Å². The number of nitrogens with zero attached hydrogens (tertiary/aromatic N) is 1. The second-order valence-corrected chi connectivity index (χ2v) is 7.28. The molecule has 1 aliphatic rings. The zero-order valence-electron chi connectivity index (χ0n) is 14.7. The van der Waals surface area contributed by atoms with Gasteiger partial charge in [-0.05, 0) is 60.1 Å². The molecule has 4 nitrogen and oxygen atoms in total. The largest absolute Gasteiger partial charge is 0.487 e. The normalized spacial score (nSPS) is 15.4. The van der Waals surface area contributed by atoms with Gasteiger partial charge in [-0.2, -0.15) is 0 Å². The van der Waals surface area contributed by atoms with Crippen LogP contribution in [0.5, 0.6) is 5.75 Å². The van der Waals surface area contributed by atoms with Crippen LogP contribution in [0, 0.1) is 0 Å². The number of halogens is 2. The summed E-state index contributed by atoms with van der Waals surface area (Å²) >= 11 is 17.4. The Hall–Kier alpha value is -2.08. The van der Waals surface area contributed by atoms with Gasteiger partial charge in [0.05, 0.1) is 5.02 Å². The summed E-state index contributed by atoms with van der Waals surface area (Å²) in [6.07, 6.45) is 2.57. The van der Waals surface area contributed by atoms with Gasteiger partial charge >= 0.3 is 0 Å². The van der Waals surface area contributed by atoms with E-state index < -0.39 is 0 Å². The van der Waals surface area contributed by atoms with Crippen molar-refractivity contribution in [3.8, 4) is 5.75 Å². The van der Waals surface area contributed by atoms with E-state index >= 15 is 0 Å². The number of thiocarbonyl (C=S) groups is 1. The Morgan fingerprint density at radius 2 is 1.93 bits per heavy atom. The van der Waals surface area contributed by atoms with Crippen LogP contribution in [0.3, 0.4) is 0 Å². The van der Waals surface area contributed by atoms with E-state index in [1.165, 1.54) is 0 Å². The lowest BCUT2D eigenvalue weighted by molar-refractivity contribution is -0.122. The predicted molar refractivity (Wildman–Crippen MR) is 113 cm³/mol. The van der Waals surface area contributed by atoms with Gasteiger partial charge in [0.25, 0.3) is 5.91 Å². The summed E-state index contributed by atoms with van der Waals surface area (Å²) in [6.45, 7) is 2.98. The number of amides is 1. The van der Waals surface area contributed by atoms with E-state index in [0.717, 1.165) is 17.5 Å². The molecule has 1 fully saturated rings. The topological polar surface area (TPSA) is 41.6 Å². The van der Waals surface area contributed by atoms with E-state index in [1.807, 2.05) is 37.3 Å². The average Bonchev–Trinajstić information content (AvgIpc) is 2.90. The molecule has 1 saturated heterocycles. The first kappa shape index (κ1) is 19.7. The highest BCUT2D eigenvalue weighted by Gasteiger charge is 2.29. The maximum Gasteiger partial charge on any atom is 0.276 e. The lowest BCUT2D eigenvalue weighted by Crippen LogP contribution is -2.31. The van der Waals surface area contributed by atoms with Gasteiger partial charge in [-0.25, -0.2) is 0 Å². The summed E-state index contributed by atoms with van der Waals surface area (Å²) in [4.78, 5) is 13.9. The molecule has 1 aliphatic heterocycles. The summed E-state index contributed by atoms with van der Waals surface area (Å²) in [7, 11) is 0. The van der Waals surface area contributed by atoms with Crippen molar-refractivity contribution < 1.29 is 9.53 Å². The van der Waals surface area contributed by atoms with Crippen LogP contribution < -0.4 is 10.1 Å². The number of hydrogen-bond acceptors (Lipinski definition) is 3. The molecular formula is C20H18Cl2N2O2S. The third-order valence-corrected chi connectivity index (χ3v) is 4.85. The van der Waals surface area contributed by atoms with Gasteiger partial charge in [-0.1, -0.05) is 48.3 Å². The van der Waals surface area contributed by atoms with Crippen LogP contribution in [0.2, 0.25) is 10.0 Å². The van der Waals surface area contributed by atoms with Gasteiger partial charge in [0.2, 0.25) is 0 Å². The van der Waals surface area contributed by atoms with E-state index in [0.29, 0.717) is 39.8 Å². The summed E-state index contributed by atoms with van der Waals surface area (Å²) in [5.74, 6) is 0.448. The van der Waals surface area contributed by atoms with Crippen LogP contribution in [0.4, 0.5) is 0 Å². The summed E-state index contributed by atoms with van der Waals surface area (Å²) < 4.78 is 5.77. The highest BCUT2D eigenvalue weighted by molar-refractivity contribution is 7.80. The number of carbonyl (C=O) groups is 1. The number of ether oxygens (including phenoxy) is 1. The quantitative estimate of drug-likeness (QED) is 0.524. The minimum atomic E-state index is -0.124. The van der Waals surface area contributed by atoms with Crippen molar-refractivity contribution in [2.24, 2.45) is 0 Å². The van der Waals surface area contributed by atoms with Gasteiger partial charge in [-0.15, -0.1) is 0 Å². The molecule has 1 heterocycles. The molecule has 1 amide bonds. The average molecular weight is 421 g/mol. The molecule has 0 spiro atoms. The van der Waals surface area contributed by atoms with E-state index in [9.17, 15) is 4.79 Å². The number of hydrogen-bond donors (Lipinski definition) is 1. The van der Waals surface area contributed by atoms with Crippen molar-refractivity contribution in [3.63, 3.8) is 0 Å². The predicted octanol–water partition coefficient (Wildman–Crippen LogP) is 5.04. The molecule has 3 rings (SSSR count). The highest BCUT2D eigenvalue weighted by atomic mass is 35.5. The van der Waals surface area contributed by atoms with Crippen molar-refractivity contribution in [1.29, 1.82) is 0 Å². The fourth-order valence-electron chi connectivity index (χ4n) is 2.63. The molecule has 0 atom stereocenters. The zero-order chi connectivity index (χ0) is 19.4. The number of carbonyl (C=O) groups excluding carboxylic acids is 1. The fourth-order valence-corrected chi connectivity index (χ4v) is 3.28. The van der Waals surface area contributed by atoms with Crippen LogP contribution in [0.25, 0.3) is 6.08 Å². The molecular weight excluding hydrogens is 403 g/mol. The lowest BCUT2D eigenvalue weighted by atomic mass is 10.1. The third kappa shape index (κ3) is 4.80. The Morgan fingerprint density at radius 1 is 1.19 bits per heavy atom. The second kappa shape index (κ2) is 8.74. The maximum atomic E-state index is 12.4. The minimum Gasteiger partial charge on any atom is -0.487 e. The van der Waals surface area contributed by atoms with Crippen LogP contribution in [-0.4, -0.2) is 22.5 Å². The number of nitrogens with one attached hydrogen (secondary N) is 1. The Bertz CT molecular complexity index is 897. The smallest absolute Gasteiger partial charge is 0.276 e. The highest BCUT2D eigenvalue weighted by Crippen LogP contribution is 2.28. The van der Waals surface area contributed by atoms with Gasteiger partial charge < -0.3 is 10.1 Å². The first-order valence-corrected chi connectivity index (χ1v) is 9.65. The van der Waals surface area contributed by atoms with Gasteiger partial charge in [-0.3, -0.25) is 9.69 Å². The summed E-state index contributed by atoms with van der Waals surface area (Å²) in [5, 5.41) is 4.54. The van der Waals surface area contributed by atoms with Crippen molar-refractivity contribution in [2.45, 2.75) is 20.0 Å². The second-order valence-electron chi connectivity index (χ2n) is 6.05. The molecule has 7 heteroatoms. The zero-order valence-corrected chi connectivity index (χ0v) is 17.0. The molecule has 0 radical (unpaired) electrons. The molecule has 140 valence electrons. The van der Waals surface area contributed by atoms with Gasteiger partial charge in [0.1, 0.15) is 18.1 Å². The summed E-state index contributed by atoms with van der Waals surface area (Å²) in [5.41, 5.74) is 2.22. The van der Waals surface area contributed by atoms with Crippen molar-refractivity contribution in [2.75, 3.05) is 6.54 Å². The molecule has 0 unspecified atom stereocenters. The third-order valence-electron chi connectivity index (χ3n) is 3.98. The summed E-state index contributed by atoms with van der Waals surface area (Å²) in [6, 6.07) is 12.8.